The lowest BCUT2D eigenvalue weighted by molar-refractivity contribution is -0.125. The SMILES string of the molecule is C/C(=N/NC(=O)C1CCCCC1)c1ccccn1. The van der Waals surface area contributed by atoms with Gasteiger partial charge in [-0.05, 0) is 31.9 Å². The average Bonchev–Trinajstić information content (AvgIpc) is 2.46. The largest absolute Gasteiger partial charge is 0.273 e. The normalized spacial score (nSPS) is 17.5. The number of nitrogens with one attached hydrogen (secondary N) is 1. The molecular weight excluding hydrogens is 226 g/mol. The van der Waals surface area contributed by atoms with Gasteiger partial charge in [0.25, 0.3) is 0 Å². The van der Waals surface area contributed by atoms with E-state index in [2.05, 4.69) is 15.5 Å². The molecule has 0 aliphatic heterocycles. The zero-order valence-electron chi connectivity index (χ0n) is 10.7. The molecule has 18 heavy (non-hydrogen) atoms. The summed E-state index contributed by atoms with van der Waals surface area (Å²) in [5.74, 6) is 0.184. The lowest BCUT2D eigenvalue weighted by atomic mass is 9.89. The third-order valence-electron chi connectivity index (χ3n) is 3.35. The Balaban J connectivity index is 1.91. The van der Waals surface area contributed by atoms with E-state index in [0.29, 0.717) is 0 Å². The summed E-state index contributed by atoms with van der Waals surface area (Å²) in [7, 11) is 0. The molecule has 1 aromatic rings. The minimum atomic E-state index is 0.0463. The van der Waals surface area contributed by atoms with Gasteiger partial charge in [0.15, 0.2) is 0 Å². The molecule has 4 heteroatoms. The molecule has 0 spiro atoms. The van der Waals surface area contributed by atoms with Crippen molar-refractivity contribution < 1.29 is 4.79 Å². The predicted octanol–water partition coefficient (Wildman–Crippen LogP) is 2.50. The second kappa shape index (κ2) is 6.28. The summed E-state index contributed by atoms with van der Waals surface area (Å²) < 4.78 is 0. The van der Waals surface area contributed by atoms with Crippen molar-refractivity contribution in [3.8, 4) is 0 Å². The number of aromatic nitrogens is 1. The van der Waals surface area contributed by atoms with Crippen LogP contribution in [0.2, 0.25) is 0 Å². The number of nitrogens with zero attached hydrogens (tertiary/aromatic N) is 2. The number of pyridine rings is 1. The van der Waals surface area contributed by atoms with Gasteiger partial charge in [0.1, 0.15) is 0 Å². The lowest BCUT2D eigenvalue weighted by Gasteiger charge is -2.19. The van der Waals surface area contributed by atoms with E-state index in [9.17, 15) is 4.79 Å². The van der Waals surface area contributed by atoms with Crippen molar-refractivity contribution in [3.05, 3.63) is 30.1 Å². The molecule has 1 fully saturated rings. The van der Waals surface area contributed by atoms with Crippen LogP contribution in [0.1, 0.15) is 44.7 Å². The van der Waals surface area contributed by atoms with Crippen molar-refractivity contribution >= 4 is 11.6 Å². The van der Waals surface area contributed by atoms with Crippen LogP contribution in [0, 0.1) is 5.92 Å². The number of carbonyl (C=O) groups excluding carboxylic acids is 1. The monoisotopic (exact) mass is 245 g/mol. The Bertz CT molecular complexity index is 422. The predicted molar refractivity (Wildman–Crippen MR) is 71.2 cm³/mol. The molecule has 4 nitrogen and oxygen atoms in total. The van der Waals surface area contributed by atoms with Crippen molar-refractivity contribution in [2.45, 2.75) is 39.0 Å². The Kier molecular flexibility index (Phi) is 4.45. The van der Waals surface area contributed by atoms with Crippen LogP contribution < -0.4 is 5.43 Å². The highest BCUT2D eigenvalue weighted by molar-refractivity contribution is 5.97. The minimum absolute atomic E-state index is 0.0463. The van der Waals surface area contributed by atoms with E-state index in [4.69, 9.17) is 0 Å². The van der Waals surface area contributed by atoms with Gasteiger partial charge in [-0.15, -0.1) is 0 Å². The van der Waals surface area contributed by atoms with Gasteiger partial charge in [-0.25, -0.2) is 5.43 Å². The van der Waals surface area contributed by atoms with Gasteiger partial charge in [-0.3, -0.25) is 9.78 Å². The van der Waals surface area contributed by atoms with Gasteiger partial charge in [-0.1, -0.05) is 25.3 Å². The van der Waals surface area contributed by atoms with Crippen molar-refractivity contribution in [1.82, 2.24) is 10.4 Å². The maximum absolute atomic E-state index is 11.9. The van der Waals surface area contributed by atoms with Crippen LogP contribution in [0.4, 0.5) is 0 Å². The summed E-state index contributed by atoms with van der Waals surface area (Å²) in [4.78, 5) is 16.1. The third-order valence-corrected chi connectivity index (χ3v) is 3.35. The van der Waals surface area contributed by atoms with Crippen LogP contribution in [0.25, 0.3) is 0 Å². The second-order valence-corrected chi connectivity index (χ2v) is 4.72. The molecule has 0 atom stereocenters. The molecule has 1 saturated carbocycles. The van der Waals surface area contributed by atoms with Crippen molar-refractivity contribution in [2.75, 3.05) is 0 Å². The molecule has 1 heterocycles. The number of amides is 1. The van der Waals surface area contributed by atoms with Gasteiger partial charge in [0, 0.05) is 12.1 Å². The Morgan fingerprint density at radius 1 is 1.33 bits per heavy atom. The first kappa shape index (κ1) is 12.7. The molecular formula is C14H19N3O. The maximum atomic E-state index is 11.9. The first-order valence-electron chi connectivity index (χ1n) is 6.53. The Hall–Kier alpha value is -1.71. The molecule has 1 aliphatic carbocycles. The first-order valence-corrected chi connectivity index (χ1v) is 6.53. The first-order chi connectivity index (χ1) is 8.77. The molecule has 0 aromatic carbocycles. The molecule has 1 amide bonds. The van der Waals surface area contributed by atoms with E-state index in [1.807, 2.05) is 25.1 Å². The van der Waals surface area contributed by atoms with Crippen LogP contribution in [0.5, 0.6) is 0 Å². The average molecular weight is 245 g/mol. The third kappa shape index (κ3) is 3.39. The molecule has 0 bridgehead atoms. The molecule has 0 unspecified atom stereocenters. The highest BCUT2D eigenvalue weighted by atomic mass is 16.2. The summed E-state index contributed by atoms with van der Waals surface area (Å²) in [5.41, 5.74) is 4.19. The van der Waals surface area contributed by atoms with E-state index in [1.54, 1.807) is 6.20 Å². The molecule has 1 aromatic heterocycles. The van der Waals surface area contributed by atoms with Crippen LogP contribution in [0.15, 0.2) is 29.5 Å². The Morgan fingerprint density at radius 2 is 2.11 bits per heavy atom. The lowest BCUT2D eigenvalue weighted by Crippen LogP contribution is -2.29. The van der Waals surface area contributed by atoms with Crippen LogP contribution in [-0.2, 0) is 4.79 Å². The number of carbonyl (C=O) groups is 1. The maximum Gasteiger partial charge on any atom is 0.243 e. The summed E-state index contributed by atoms with van der Waals surface area (Å²) in [5, 5.41) is 4.12. The van der Waals surface area contributed by atoms with Crippen LogP contribution >= 0.6 is 0 Å². The fourth-order valence-corrected chi connectivity index (χ4v) is 2.23. The minimum Gasteiger partial charge on any atom is -0.273 e. The van der Waals surface area contributed by atoms with Gasteiger partial charge in [-0.2, -0.15) is 5.10 Å². The van der Waals surface area contributed by atoms with E-state index in [-0.39, 0.29) is 11.8 Å². The number of hydrogen-bond donors (Lipinski definition) is 1. The van der Waals surface area contributed by atoms with Crippen LogP contribution in [-0.4, -0.2) is 16.6 Å². The second-order valence-electron chi connectivity index (χ2n) is 4.72. The molecule has 2 rings (SSSR count). The van der Waals surface area contributed by atoms with Gasteiger partial charge in [0.05, 0.1) is 11.4 Å². The fraction of sp³-hybridized carbons (Fsp3) is 0.500. The quantitative estimate of drug-likeness (QED) is 0.657. The molecule has 1 N–H and O–H groups in total. The van der Waals surface area contributed by atoms with Crippen LogP contribution in [0.3, 0.4) is 0 Å². The van der Waals surface area contributed by atoms with Crippen molar-refractivity contribution in [2.24, 2.45) is 11.0 Å². The van der Waals surface area contributed by atoms with Gasteiger partial charge < -0.3 is 0 Å². The zero-order valence-corrected chi connectivity index (χ0v) is 10.7. The standard InChI is InChI=1S/C14H19N3O/c1-11(13-9-5-6-10-15-13)16-17-14(18)12-7-3-2-4-8-12/h5-6,9-10,12H,2-4,7-8H2,1H3,(H,17,18)/b16-11-. The summed E-state index contributed by atoms with van der Waals surface area (Å²) in [6, 6.07) is 5.65. The Labute approximate surface area is 108 Å². The van der Waals surface area contributed by atoms with E-state index >= 15 is 0 Å². The highest BCUT2D eigenvalue weighted by Crippen LogP contribution is 2.23. The van der Waals surface area contributed by atoms with Crippen molar-refractivity contribution in [1.29, 1.82) is 0 Å². The summed E-state index contributed by atoms with van der Waals surface area (Å²) >= 11 is 0. The van der Waals surface area contributed by atoms with E-state index < -0.39 is 0 Å². The Morgan fingerprint density at radius 3 is 2.78 bits per heavy atom. The molecule has 96 valence electrons. The van der Waals surface area contributed by atoms with E-state index in [0.717, 1.165) is 37.1 Å². The number of hydrazone groups is 1. The number of hydrogen-bond acceptors (Lipinski definition) is 3. The van der Waals surface area contributed by atoms with E-state index in [1.165, 1.54) is 6.42 Å². The molecule has 0 radical (unpaired) electrons. The fourth-order valence-electron chi connectivity index (χ4n) is 2.23. The topological polar surface area (TPSA) is 54.4 Å². The van der Waals surface area contributed by atoms with Gasteiger partial charge >= 0.3 is 0 Å². The summed E-state index contributed by atoms with van der Waals surface area (Å²) in [6.45, 7) is 1.85. The highest BCUT2D eigenvalue weighted by Gasteiger charge is 2.20. The smallest absolute Gasteiger partial charge is 0.243 e. The van der Waals surface area contributed by atoms with Crippen molar-refractivity contribution in [3.63, 3.8) is 0 Å². The molecule has 1 aliphatic rings. The zero-order chi connectivity index (χ0) is 12.8. The molecule has 0 saturated heterocycles. The van der Waals surface area contributed by atoms with Gasteiger partial charge in [0.2, 0.25) is 5.91 Å². The number of rotatable bonds is 3. The summed E-state index contributed by atoms with van der Waals surface area (Å²) in [6.07, 6.45) is 7.26.